The summed E-state index contributed by atoms with van der Waals surface area (Å²) in [5, 5.41) is 6.47. The van der Waals surface area contributed by atoms with Crippen LogP contribution in [-0.2, 0) is 16.1 Å². The molecule has 30 heavy (non-hydrogen) atoms. The van der Waals surface area contributed by atoms with E-state index in [9.17, 15) is 9.59 Å². The van der Waals surface area contributed by atoms with Crippen molar-refractivity contribution in [3.63, 3.8) is 0 Å². The van der Waals surface area contributed by atoms with Crippen LogP contribution in [0.4, 0.5) is 5.69 Å². The van der Waals surface area contributed by atoms with Crippen molar-refractivity contribution >= 4 is 17.5 Å². The van der Waals surface area contributed by atoms with Crippen LogP contribution in [0.2, 0.25) is 0 Å². The van der Waals surface area contributed by atoms with Crippen molar-refractivity contribution in [2.75, 3.05) is 58.9 Å². The van der Waals surface area contributed by atoms with Gasteiger partial charge >= 0.3 is 0 Å². The van der Waals surface area contributed by atoms with Crippen molar-refractivity contribution in [1.82, 2.24) is 15.5 Å². The van der Waals surface area contributed by atoms with Crippen LogP contribution in [0.15, 0.2) is 18.2 Å². The molecule has 2 N–H and O–H groups in total. The third-order valence-electron chi connectivity index (χ3n) is 5.32. The minimum absolute atomic E-state index is 0.0447. The van der Waals surface area contributed by atoms with Gasteiger partial charge in [-0.2, -0.15) is 0 Å². The monoisotopic (exact) mass is 418 g/mol. The summed E-state index contributed by atoms with van der Waals surface area (Å²) in [5.41, 5.74) is 2.47. The number of carbonyl (C=O) groups is 2. The summed E-state index contributed by atoms with van der Waals surface area (Å²) >= 11 is 0. The van der Waals surface area contributed by atoms with E-state index in [0.717, 1.165) is 50.0 Å². The molecule has 0 radical (unpaired) electrons. The fraction of sp³-hybridized carbons (Fsp3) is 0.652. The highest BCUT2D eigenvalue weighted by Gasteiger charge is 2.20. The van der Waals surface area contributed by atoms with E-state index in [2.05, 4.69) is 15.5 Å². The molecule has 0 saturated heterocycles. The number of benzene rings is 1. The Morgan fingerprint density at radius 1 is 1.17 bits per heavy atom. The first-order valence-corrected chi connectivity index (χ1v) is 11.1. The van der Waals surface area contributed by atoms with Crippen LogP contribution in [-0.4, -0.2) is 70.7 Å². The highest BCUT2D eigenvalue weighted by molar-refractivity contribution is 5.98. The zero-order chi connectivity index (χ0) is 21.8. The maximum atomic E-state index is 12.7. The number of amides is 2. The summed E-state index contributed by atoms with van der Waals surface area (Å²) < 4.78 is 5.10. The second kappa shape index (κ2) is 13.4. The topological polar surface area (TPSA) is 73.9 Å². The van der Waals surface area contributed by atoms with Crippen molar-refractivity contribution in [1.29, 1.82) is 0 Å². The van der Waals surface area contributed by atoms with E-state index in [1.165, 1.54) is 12.8 Å². The van der Waals surface area contributed by atoms with E-state index in [0.29, 0.717) is 25.2 Å². The molecule has 0 bridgehead atoms. The second-order valence-corrected chi connectivity index (χ2v) is 8.18. The average Bonchev–Trinajstić information content (AvgIpc) is 2.71. The molecule has 2 rings (SSSR count). The Morgan fingerprint density at radius 2 is 1.93 bits per heavy atom. The van der Waals surface area contributed by atoms with Crippen molar-refractivity contribution in [2.24, 2.45) is 0 Å². The Hall–Kier alpha value is -1.96. The number of nitrogens with zero attached hydrogens (tertiary/aromatic N) is 2. The first-order valence-electron chi connectivity index (χ1n) is 11.1. The highest BCUT2D eigenvalue weighted by Crippen LogP contribution is 2.24. The molecule has 0 aliphatic carbocycles. The molecule has 0 spiro atoms. The van der Waals surface area contributed by atoms with E-state index < -0.39 is 0 Å². The van der Waals surface area contributed by atoms with Crippen molar-refractivity contribution in [3.05, 3.63) is 29.3 Å². The second-order valence-electron chi connectivity index (χ2n) is 8.18. The van der Waals surface area contributed by atoms with E-state index in [1.807, 2.05) is 37.2 Å². The van der Waals surface area contributed by atoms with Crippen LogP contribution >= 0.6 is 0 Å². The Balaban J connectivity index is 2.20. The van der Waals surface area contributed by atoms with Crippen molar-refractivity contribution in [2.45, 2.75) is 45.1 Å². The minimum Gasteiger partial charge on any atom is -0.375 e. The van der Waals surface area contributed by atoms with Crippen molar-refractivity contribution < 1.29 is 14.3 Å². The summed E-state index contributed by atoms with van der Waals surface area (Å²) in [5.74, 6) is -0.117. The first kappa shape index (κ1) is 24.3. The Labute approximate surface area is 181 Å². The molecular weight excluding hydrogens is 380 g/mol. The molecule has 1 heterocycles. The maximum Gasteiger partial charge on any atom is 0.252 e. The zero-order valence-corrected chi connectivity index (χ0v) is 18.8. The first-order chi connectivity index (χ1) is 14.5. The van der Waals surface area contributed by atoms with Gasteiger partial charge in [0.05, 0.1) is 0 Å². The number of rotatable bonds is 7. The maximum absolute atomic E-state index is 12.7. The van der Waals surface area contributed by atoms with E-state index in [-0.39, 0.29) is 18.4 Å². The van der Waals surface area contributed by atoms with Gasteiger partial charge < -0.3 is 25.2 Å². The summed E-state index contributed by atoms with van der Waals surface area (Å²) in [6, 6.07) is 5.65. The molecule has 168 valence electrons. The molecule has 0 aromatic heterocycles. The van der Waals surface area contributed by atoms with Gasteiger partial charge in [0, 0.05) is 38.0 Å². The van der Waals surface area contributed by atoms with Gasteiger partial charge in [-0.25, -0.2) is 0 Å². The van der Waals surface area contributed by atoms with E-state index >= 15 is 0 Å². The van der Waals surface area contributed by atoms with Gasteiger partial charge in [-0.05, 0) is 70.2 Å². The van der Waals surface area contributed by atoms with Gasteiger partial charge in [0.25, 0.3) is 11.8 Å². The lowest BCUT2D eigenvalue weighted by Gasteiger charge is -2.26. The van der Waals surface area contributed by atoms with Gasteiger partial charge in [-0.3, -0.25) is 9.59 Å². The number of nitrogens with one attached hydrogen (secondary N) is 2. The summed E-state index contributed by atoms with van der Waals surface area (Å²) in [6.07, 6.45) is 6.52. The van der Waals surface area contributed by atoms with Crippen LogP contribution in [0.1, 0.15) is 54.4 Å². The molecule has 0 saturated carbocycles. The van der Waals surface area contributed by atoms with Crippen molar-refractivity contribution in [3.8, 4) is 0 Å². The molecule has 7 heteroatoms. The Bertz CT molecular complexity index is 678. The molecule has 0 unspecified atom stereocenters. The zero-order valence-electron chi connectivity index (χ0n) is 18.8. The van der Waals surface area contributed by atoms with Gasteiger partial charge in [0.15, 0.2) is 0 Å². The molecular formula is C23H38N4O3. The van der Waals surface area contributed by atoms with Crippen LogP contribution < -0.4 is 15.5 Å². The number of carbonyl (C=O) groups excluding carboxylic acids is 2. The molecule has 7 nitrogen and oxygen atoms in total. The summed E-state index contributed by atoms with van der Waals surface area (Å²) in [4.78, 5) is 29.3. The smallest absolute Gasteiger partial charge is 0.252 e. The van der Waals surface area contributed by atoms with Gasteiger partial charge in [0.2, 0.25) is 0 Å². The number of fused-ring (bicyclic) bond motifs is 1. The standard InChI is InChI=1S/C23H38N4O3/c1-26(2)14-9-13-25-23(29)19-10-11-21-20(16-19)17-24-12-7-5-4-6-8-15-27(21)22(28)18-30-3/h10-11,16,24H,4-9,12-15,17-18H2,1-3H3,(H,25,29). The Morgan fingerprint density at radius 3 is 2.70 bits per heavy atom. The van der Waals surface area contributed by atoms with E-state index in [1.54, 1.807) is 7.11 Å². The number of anilines is 1. The third kappa shape index (κ3) is 8.05. The quantitative estimate of drug-likeness (QED) is 0.665. The summed E-state index contributed by atoms with van der Waals surface area (Å²) in [7, 11) is 5.59. The highest BCUT2D eigenvalue weighted by atomic mass is 16.5. The number of methoxy groups -OCH3 is 1. The largest absolute Gasteiger partial charge is 0.375 e. The normalized spacial score (nSPS) is 15.8. The van der Waals surface area contributed by atoms with Crippen LogP contribution in [0.25, 0.3) is 0 Å². The van der Waals surface area contributed by atoms with Crippen LogP contribution in [0, 0.1) is 0 Å². The lowest BCUT2D eigenvalue weighted by molar-refractivity contribution is -0.122. The van der Waals surface area contributed by atoms with Crippen LogP contribution in [0.5, 0.6) is 0 Å². The third-order valence-corrected chi connectivity index (χ3v) is 5.32. The van der Waals surface area contributed by atoms with Gasteiger partial charge in [0.1, 0.15) is 6.61 Å². The summed E-state index contributed by atoms with van der Waals surface area (Å²) in [6.45, 7) is 3.88. The molecule has 2 amide bonds. The molecule has 1 aromatic carbocycles. The fourth-order valence-electron chi connectivity index (χ4n) is 3.69. The molecule has 1 aromatic rings. The lowest BCUT2D eigenvalue weighted by atomic mass is 10.0. The SMILES string of the molecule is COCC(=O)N1CCCCCCCNCc2cc(C(=O)NCCCN(C)C)ccc21. The van der Waals surface area contributed by atoms with Crippen LogP contribution in [0.3, 0.4) is 0 Å². The molecule has 0 fully saturated rings. The number of ether oxygens (including phenoxy) is 1. The molecule has 1 aliphatic rings. The Kier molecular flexibility index (Phi) is 10.8. The van der Waals surface area contributed by atoms with Gasteiger partial charge in [-0.1, -0.05) is 19.3 Å². The molecule has 1 aliphatic heterocycles. The number of hydrogen-bond acceptors (Lipinski definition) is 5. The predicted octanol–water partition coefficient (Wildman–Crippen LogP) is 2.40. The fourth-order valence-corrected chi connectivity index (χ4v) is 3.69. The predicted molar refractivity (Wildman–Crippen MR) is 121 cm³/mol. The lowest BCUT2D eigenvalue weighted by Crippen LogP contribution is -2.36. The number of hydrogen-bond donors (Lipinski definition) is 2. The molecule has 0 atom stereocenters. The van der Waals surface area contributed by atoms with E-state index in [4.69, 9.17) is 4.74 Å². The van der Waals surface area contributed by atoms with Gasteiger partial charge in [-0.15, -0.1) is 0 Å². The minimum atomic E-state index is -0.0718. The average molecular weight is 419 g/mol.